The third-order valence-electron chi connectivity index (χ3n) is 2.74. The van der Waals surface area contributed by atoms with Gasteiger partial charge in [0.05, 0.1) is 0 Å². The number of furan rings is 1. The van der Waals surface area contributed by atoms with Gasteiger partial charge in [0.1, 0.15) is 5.58 Å². The first-order chi connectivity index (χ1) is 8.52. The number of carbonyl (C=O) groups excluding carboxylic acids is 1. The number of fused-ring (bicyclic) bond motifs is 1. The van der Waals surface area contributed by atoms with Gasteiger partial charge >= 0.3 is 0 Å². The summed E-state index contributed by atoms with van der Waals surface area (Å²) in [4.78, 5) is 12.0. The minimum Gasteiger partial charge on any atom is -0.451 e. The molecule has 18 heavy (non-hydrogen) atoms. The summed E-state index contributed by atoms with van der Waals surface area (Å²) >= 11 is 3.43. The summed E-state index contributed by atoms with van der Waals surface area (Å²) in [6.45, 7) is 4.77. The maximum Gasteiger partial charge on any atom is 0.287 e. The van der Waals surface area contributed by atoms with Crippen LogP contribution in [0.2, 0.25) is 0 Å². The number of halogens is 1. The second-order valence-corrected chi connectivity index (χ2v) is 5.69. The monoisotopic (exact) mass is 309 g/mol. The first-order valence-corrected chi connectivity index (χ1v) is 6.97. The molecule has 0 bridgehead atoms. The summed E-state index contributed by atoms with van der Waals surface area (Å²) < 4.78 is 5.50. The van der Waals surface area contributed by atoms with Gasteiger partial charge in [0.15, 0.2) is 5.76 Å². The molecule has 1 aromatic heterocycles. The lowest BCUT2D eigenvalue weighted by atomic mass is 9.97. The molecule has 4 heteroatoms. The lowest BCUT2D eigenvalue weighted by Crippen LogP contribution is -2.34. The molecule has 1 amide bonds. The largest absolute Gasteiger partial charge is 0.451 e. The van der Waals surface area contributed by atoms with Gasteiger partial charge in [-0.2, -0.15) is 0 Å². The topological polar surface area (TPSA) is 42.2 Å². The van der Waals surface area contributed by atoms with Crippen LogP contribution in [0.1, 0.15) is 24.4 Å². The number of para-hydroxylation sites is 1. The molecule has 3 nitrogen and oxygen atoms in total. The van der Waals surface area contributed by atoms with Gasteiger partial charge in [0.2, 0.25) is 0 Å². The van der Waals surface area contributed by atoms with E-state index in [2.05, 4.69) is 35.1 Å². The van der Waals surface area contributed by atoms with Gasteiger partial charge in [-0.3, -0.25) is 4.79 Å². The highest BCUT2D eigenvalue weighted by atomic mass is 79.9. The Hall–Kier alpha value is -1.29. The summed E-state index contributed by atoms with van der Waals surface area (Å²) in [5.74, 6) is 0.196. The summed E-state index contributed by atoms with van der Waals surface area (Å²) in [7, 11) is 0. The Morgan fingerprint density at radius 1 is 1.39 bits per heavy atom. The summed E-state index contributed by atoms with van der Waals surface area (Å²) in [6, 6.07) is 9.37. The molecule has 2 rings (SSSR count). The minimum absolute atomic E-state index is 0.0294. The first-order valence-electron chi connectivity index (χ1n) is 5.84. The zero-order valence-electron chi connectivity index (χ0n) is 10.5. The van der Waals surface area contributed by atoms with E-state index in [-0.39, 0.29) is 11.3 Å². The van der Waals surface area contributed by atoms with Crippen molar-refractivity contribution in [3.8, 4) is 0 Å². The molecule has 0 atom stereocenters. The maximum atomic E-state index is 12.0. The molecule has 1 heterocycles. The number of hydrogen-bond donors (Lipinski definition) is 1. The van der Waals surface area contributed by atoms with E-state index >= 15 is 0 Å². The quantitative estimate of drug-likeness (QED) is 0.877. The molecule has 0 unspecified atom stereocenters. The Morgan fingerprint density at radius 2 is 2.11 bits per heavy atom. The molecule has 0 aliphatic rings. The average Bonchev–Trinajstić information content (AvgIpc) is 2.80. The van der Waals surface area contributed by atoms with Gasteiger partial charge in [-0.1, -0.05) is 48.0 Å². The van der Waals surface area contributed by atoms with Gasteiger partial charge in [-0.25, -0.2) is 0 Å². The molecule has 0 saturated carbocycles. The highest BCUT2D eigenvalue weighted by Gasteiger charge is 2.19. The van der Waals surface area contributed by atoms with Crippen LogP contribution < -0.4 is 5.32 Å². The van der Waals surface area contributed by atoms with E-state index in [0.29, 0.717) is 12.3 Å². The third kappa shape index (κ3) is 2.93. The van der Waals surface area contributed by atoms with Crippen LogP contribution in [0.15, 0.2) is 34.7 Å². The Bertz CT molecular complexity index is 527. The van der Waals surface area contributed by atoms with Crippen molar-refractivity contribution in [1.29, 1.82) is 0 Å². The van der Waals surface area contributed by atoms with Gasteiger partial charge in [-0.15, -0.1) is 0 Å². The number of benzene rings is 1. The Kier molecular flexibility index (Phi) is 3.76. The molecule has 96 valence electrons. The Labute approximate surface area is 115 Å². The molecule has 0 fully saturated rings. The van der Waals surface area contributed by atoms with Crippen molar-refractivity contribution in [2.75, 3.05) is 11.9 Å². The zero-order valence-corrected chi connectivity index (χ0v) is 12.1. The lowest BCUT2D eigenvalue weighted by molar-refractivity contribution is 0.0914. The summed E-state index contributed by atoms with van der Waals surface area (Å²) in [5.41, 5.74) is 0.768. The summed E-state index contributed by atoms with van der Waals surface area (Å²) in [6.07, 6.45) is 0. The lowest BCUT2D eigenvalue weighted by Gasteiger charge is -2.21. The molecule has 1 aromatic carbocycles. The minimum atomic E-state index is -0.166. The van der Waals surface area contributed by atoms with E-state index in [9.17, 15) is 4.79 Å². The average molecular weight is 310 g/mol. The van der Waals surface area contributed by atoms with Crippen molar-refractivity contribution in [1.82, 2.24) is 5.32 Å². The highest BCUT2D eigenvalue weighted by Crippen LogP contribution is 2.20. The van der Waals surface area contributed by atoms with Crippen LogP contribution in [-0.2, 0) is 0 Å². The molecular formula is C14H16BrNO2. The van der Waals surface area contributed by atoms with E-state index in [4.69, 9.17) is 4.42 Å². The fourth-order valence-electron chi connectivity index (χ4n) is 1.55. The standard InChI is InChI=1S/C14H16BrNO2/c1-14(2,8-15)9-16-13(17)12-7-10-5-3-4-6-11(10)18-12/h3-7H,8-9H2,1-2H3,(H,16,17). The van der Waals surface area contributed by atoms with Crippen LogP contribution in [0.25, 0.3) is 11.0 Å². The van der Waals surface area contributed by atoms with Crippen molar-refractivity contribution in [2.45, 2.75) is 13.8 Å². The molecule has 0 spiro atoms. The van der Waals surface area contributed by atoms with Crippen LogP contribution in [0, 0.1) is 5.41 Å². The van der Waals surface area contributed by atoms with Crippen LogP contribution >= 0.6 is 15.9 Å². The van der Waals surface area contributed by atoms with Crippen LogP contribution in [0.5, 0.6) is 0 Å². The van der Waals surface area contributed by atoms with Crippen molar-refractivity contribution < 1.29 is 9.21 Å². The maximum absolute atomic E-state index is 12.0. The van der Waals surface area contributed by atoms with E-state index in [1.165, 1.54) is 0 Å². The van der Waals surface area contributed by atoms with Crippen molar-refractivity contribution >= 4 is 32.8 Å². The molecule has 0 aliphatic heterocycles. The van der Waals surface area contributed by atoms with Crippen LogP contribution in [0.4, 0.5) is 0 Å². The first kappa shape index (κ1) is 13.1. The highest BCUT2D eigenvalue weighted by molar-refractivity contribution is 9.09. The number of alkyl halides is 1. The van der Waals surface area contributed by atoms with Gasteiger partial charge in [-0.05, 0) is 17.5 Å². The predicted molar refractivity (Wildman–Crippen MR) is 76.1 cm³/mol. The van der Waals surface area contributed by atoms with Crippen molar-refractivity contribution in [3.63, 3.8) is 0 Å². The zero-order chi connectivity index (χ0) is 13.2. The van der Waals surface area contributed by atoms with Gasteiger partial charge in [0.25, 0.3) is 5.91 Å². The van der Waals surface area contributed by atoms with Crippen molar-refractivity contribution in [3.05, 3.63) is 36.1 Å². The van der Waals surface area contributed by atoms with Crippen LogP contribution in [0.3, 0.4) is 0 Å². The molecule has 0 radical (unpaired) electrons. The number of amides is 1. The van der Waals surface area contributed by atoms with E-state index in [1.807, 2.05) is 24.3 Å². The normalized spacial score (nSPS) is 11.7. The number of carbonyl (C=O) groups is 1. The number of rotatable bonds is 4. The second-order valence-electron chi connectivity index (χ2n) is 5.13. The smallest absolute Gasteiger partial charge is 0.287 e. The van der Waals surface area contributed by atoms with E-state index in [1.54, 1.807) is 6.07 Å². The second kappa shape index (κ2) is 5.14. The summed E-state index contributed by atoms with van der Waals surface area (Å²) in [5, 5.41) is 4.67. The third-order valence-corrected chi connectivity index (χ3v) is 4.26. The fourth-order valence-corrected chi connectivity index (χ4v) is 1.75. The van der Waals surface area contributed by atoms with E-state index < -0.39 is 0 Å². The van der Waals surface area contributed by atoms with Crippen molar-refractivity contribution in [2.24, 2.45) is 5.41 Å². The van der Waals surface area contributed by atoms with E-state index in [0.717, 1.165) is 16.3 Å². The van der Waals surface area contributed by atoms with Crippen LogP contribution in [-0.4, -0.2) is 17.8 Å². The Morgan fingerprint density at radius 3 is 2.78 bits per heavy atom. The fraction of sp³-hybridized carbons (Fsp3) is 0.357. The SMILES string of the molecule is CC(C)(CBr)CNC(=O)c1cc2ccccc2o1. The molecule has 0 aliphatic carbocycles. The number of nitrogens with one attached hydrogen (secondary N) is 1. The van der Waals surface area contributed by atoms with Gasteiger partial charge in [0, 0.05) is 17.3 Å². The van der Waals surface area contributed by atoms with Gasteiger partial charge < -0.3 is 9.73 Å². The molecular weight excluding hydrogens is 294 g/mol. The predicted octanol–water partition coefficient (Wildman–Crippen LogP) is 3.58. The Balaban J connectivity index is 2.09. The molecule has 2 aromatic rings. The molecule has 1 N–H and O–H groups in total. The number of hydrogen-bond acceptors (Lipinski definition) is 2. The molecule has 0 saturated heterocycles.